The maximum atomic E-state index is 13.2. The summed E-state index contributed by atoms with van der Waals surface area (Å²) in [5.74, 6) is -0.599. The predicted molar refractivity (Wildman–Crippen MR) is 130 cm³/mol. The van der Waals surface area contributed by atoms with Crippen LogP contribution in [0.2, 0.25) is 15.1 Å². The van der Waals surface area contributed by atoms with E-state index in [0.717, 1.165) is 30.5 Å². The van der Waals surface area contributed by atoms with Gasteiger partial charge in [0, 0.05) is 38.9 Å². The topological polar surface area (TPSA) is 32.3 Å². The normalized spacial score (nSPS) is 18.4. The zero-order valence-corrected chi connectivity index (χ0v) is 19.5. The summed E-state index contributed by atoms with van der Waals surface area (Å²) in [4.78, 5) is 14.9. The molecule has 0 aromatic heterocycles. The van der Waals surface area contributed by atoms with E-state index in [2.05, 4.69) is 10.2 Å². The summed E-state index contributed by atoms with van der Waals surface area (Å²) in [7, 11) is 0. The summed E-state index contributed by atoms with van der Waals surface area (Å²) in [6.07, 6.45) is 2.82. The van der Waals surface area contributed by atoms with Gasteiger partial charge in [-0.05, 0) is 85.5 Å². The van der Waals surface area contributed by atoms with Gasteiger partial charge in [-0.1, -0.05) is 40.9 Å². The smallest absolute Gasteiger partial charge is 0.251 e. The first kappa shape index (κ1) is 22.9. The third kappa shape index (κ3) is 5.20. The highest BCUT2D eigenvalue weighted by molar-refractivity contribution is 6.35. The molecule has 3 nitrogen and oxygen atoms in total. The van der Waals surface area contributed by atoms with Crippen LogP contribution in [0.4, 0.5) is 10.1 Å². The lowest BCUT2D eigenvalue weighted by Crippen LogP contribution is -2.48. The Bertz CT molecular complexity index is 1090. The van der Waals surface area contributed by atoms with Crippen LogP contribution in [-0.2, 0) is 0 Å². The molecular weight excluding hydrogens is 470 g/mol. The molecule has 0 aliphatic carbocycles. The van der Waals surface area contributed by atoms with Crippen molar-refractivity contribution < 1.29 is 9.18 Å². The Morgan fingerprint density at radius 2 is 1.62 bits per heavy atom. The molecule has 3 aromatic rings. The van der Waals surface area contributed by atoms with E-state index in [4.69, 9.17) is 34.8 Å². The Kier molecular flexibility index (Phi) is 7.24. The molecule has 32 heavy (non-hydrogen) atoms. The molecule has 1 aliphatic heterocycles. The van der Waals surface area contributed by atoms with Gasteiger partial charge in [-0.3, -0.25) is 4.79 Å². The second-order valence-electron chi connectivity index (χ2n) is 7.87. The van der Waals surface area contributed by atoms with E-state index < -0.39 is 0 Å². The van der Waals surface area contributed by atoms with Crippen molar-refractivity contribution in [3.05, 3.63) is 98.7 Å². The molecule has 1 saturated heterocycles. The second kappa shape index (κ2) is 10.1. The van der Waals surface area contributed by atoms with Gasteiger partial charge in [-0.15, -0.1) is 0 Å². The lowest BCUT2D eigenvalue weighted by Gasteiger charge is -2.44. The first-order valence-corrected chi connectivity index (χ1v) is 11.6. The number of halogens is 4. The third-order valence-electron chi connectivity index (χ3n) is 5.80. The number of hydrogen-bond acceptors (Lipinski definition) is 2. The Hall–Kier alpha value is -2.27. The first-order valence-electron chi connectivity index (χ1n) is 10.4. The second-order valence-corrected chi connectivity index (χ2v) is 9.15. The van der Waals surface area contributed by atoms with Gasteiger partial charge in [-0.25, -0.2) is 4.39 Å². The Morgan fingerprint density at radius 3 is 2.31 bits per heavy atom. The molecule has 1 unspecified atom stereocenters. The van der Waals surface area contributed by atoms with Gasteiger partial charge in [0.15, 0.2) is 0 Å². The number of amides is 1. The molecular formula is C25H22Cl3FN2O. The Morgan fingerprint density at radius 1 is 0.938 bits per heavy atom. The van der Waals surface area contributed by atoms with Crippen molar-refractivity contribution in [2.45, 2.75) is 31.3 Å². The molecule has 4 rings (SSSR count). The van der Waals surface area contributed by atoms with Crippen LogP contribution in [0, 0.1) is 5.82 Å². The summed E-state index contributed by atoms with van der Waals surface area (Å²) in [6, 6.07) is 18.9. The molecule has 3 aromatic carbocycles. The Labute approximate surface area is 202 Å². The molecule has 0 spiro atoms. The molecule has 0 bridgehead atoms. The van der Waals surface area contributed by atoms with Crippen LogP contribution in [0.5, 0.6) is 0 Å². The van der Waals surface area contributed by atoms with Crippen LogP contribution >= 0.6 is 34.8 Å². The van der Waals surface area contributed by atoms with E-state index in [1.807, 2.05) is 36.4 Å². The zero-order valence-electron chi connectivity index (χ0n) is 17.2. The highest BCUT2D eigenvalue weighted by Crippen LogP contribution is 2.41. The number of anilines is 1. The fraction of sp³-hybridized carbons (Fsp3) is 0.240. The van der Waals surface area contributed by atoms with Crippen molar-refractivity contribution in [1.29, 1.82) is 0 Å². The van der Waals surface area contributed by atoms with Crippen molar-refractivity contribution >= 4 is 46.4 Å². The average Bonchev–Trinajstić information content (AvgIpc) is 2.78. The van der Waals surface area contributed by atoms with E-state index in [1.165, 1.54) is 24.3 Å². The predicted octanol–water partition coefficient (Wildman–Crippen LogP) is 7.32. The number of benzene rings is 3. The molecule has 1 N–H and O–H groups in total. The number of piperidine rings is 1. The summed E-state index contributed by atoms with van der Waals surface area (Å²) < 4.78 is 13.2. The maximum absolute atomic E-state index is 13.2. The fourth-order valence-electron chi connectivity index (χ4n) is 4.27. The summed E-state index contributed by atoms with van der Waals surface area (Å²) in [6.45, 7) is 0.445. The summed E-state index contributed by atoms with van der Waals surface area (Å²) in [5, 5.41) is 4.89. The fourth-order valence-corrected chi connectivity index (χ4v) is 4.94. The molecule has 1 heterocycles. The van der Waals surface area contributed by atoms with Crippen LogP contribution in [0.1, 0.15) is 41.2 Å². The summed E-state index contributed by atoms with van der Waals surface area (Å²) in [5.41, 5.74) is 2.43. The molecule has 166 valence electrons. The van der Waals surface area contributed by atoms with Crippen LogP contribution in [0.3, 0.4) is 0 Å². The van der Waals surface area contributed by atoms with Gasteiger partial charge < -0.3 is 10.2 Å². The number of carbonyl (C=O) groups excluding carboxylic acids is 1. The largest absolute Gasteiger partial charge is 0.360 e. The van der Waals surface area contributed by atoms with Gasteiger partial charge in [0.2, 0.25) is 0 Å². The van der Waals surface area contributed by atoms with Gasteiger partial charge in [0.05, 0.1) is 6.04 Å². The molecule has 7 heteroatoms. The average molecular weight is 492 g/mol. The quantitative estimate of drug-likeness (QED) is 0.405. The number of hydrogen-bond donors (Lipinski definition) is 1. The molecule has 0 saturated carbocycles. The van der Waals surface area contributed by atoms with E-state index >= 15 is 0 Å². The zero-order chi connectivity index (χ0) is 22.7. The lowest BCUT2D eigenvalue weighted by molar-refractivity contribution is 0.0948. The highest BCUT2D eigenvalue weighted by Gasteiger charge is 2.33. The van der Waals surface area contributed by atoms with Crippen molar-refractivity contribution in [3.8, 4) is 0 Å². The molecule has 0 radical (unpaired) electrons. The molecule has 1 fully saturated rings. The minimum absolute atomic E-state index is 0.0300. The first-order chi connectivity index (χ1) is 15.4. The van der Waals surface area contributed by atoms with Gasteiger partial charge in [-0.2, -0.15) is 0 Å². The van der Waals surface area contributed by atoms with E-state index in [9.17, 15) is 9.18 Å². The standard InChI is InChI=1S/C25H22Cl3FN2O/c26-17-6-11-20(12-7-17)31-21(15-30-25(32)16-4-9-19(29)10-5-16)2-1-3-24(31)22-13-8-18(27)14-23(22)28/h4-14,21,24H,1-3,15H2,(H,30,32)/t21-,24?/m0/s1. The number of nitrogens with zero attached hydrogens (tertiary/aromatic N) is 1. The van der Waals surface area contributed by atoms with Crippen LogP contribution < -0.4 is 10.2 Å². The SMILES string of the molecule is O=C(NC[C@@H]1CCCC(c2ccc(Cl)cc2Cl)N1c1ccc(Cl)cc1)c1ccc(F)cc1. The highest BCUT2D eigenvalue weighted by atomic mass is 35.5. The molecule has 2 atom stereocenters. The van der Waals surface area contributed by atoms with E-state index in [1.54, 1.807) is 6.07 Å². The van der Waals surface area contributed by atoms with Gasteiger partial charge >= 0.3 is 0 Å². The Balaban J connectivity index is 1.61. The van der Waals surface area contributed by atoms with Crippen molar-refractivity contribution in [2.75, 3.05) is 11.4 Å². The number of rotatable bonds is 5. The monoisotopic (exact) mass is 490 g/mol. The lowest BCUT2D eigenvalue weighted by atomic mass is 9.89. The molecule has 1 aliphatic rings. The van der Waals surface area contributed by atoms with E-state index in [0.29, 0.717) is 27.2 Å². The van der Waals surface area contributed by atoms with Crippen molar-refractivity contribution in [1.82, 2.24) is 5.32 Å². The molecule has 1 amide bonds. The third-order valence-corrected chi connectivity index (χ3v) is 6.61. The van der Waals surface area contributed by atoms with Crippen LogP contribution in [0.15, 0.2) is 66.7 Å². The van der Waals surface area contributed by atoms with Crippen molar-refractivity contribution in [2.24, 2.45) is 0 Å². The van der Waals surface area contributed by atoms with Gasteiger partial charge in [0.25, 0.3) is 5.91 Å². The van der Waals surface area contributed by atoms with E-state index in [-0.39, 0.29) is 23.8 Å². The van der Waals surface area contributed by atoms with Crippen molar-refractivity contribution in [3.63, 3.8) is 0 Å². The van der Waals surface area contributed by atoms with Crippen LogP contribution in [0.25, 0.3) is 0 Å². The van der Waals surface area contributed by atoms with Gasteiger partial charge in [0.1, 0.15) is 5.82 Å². The number of nitrogens with one attached hydrogen (secondary N) is 1. The minimum Gasteiger partial charge on any atom is -0.360 e. The number of carbonyl (C=O) groups is 1. The summed E-state index contributed by atoms with van der Waals surface area (Å²) >= 11 is 18.8. The maximum Gasteiger partial charge on any atom is 0.251 e. The van der Waals surface area contributed by atoms with Crippen LogP contribution in [-0.4, -0.2) is 18.5 Å². The minimum atomic E-state index is -0.370.